The number of likely N-dealkylation sites (N-methyl/N-ethyl adjacent to an activating group) is 1. The number of hydrogen-bond acceptors (Lipinski definition) is 4. The molecule has 0 spiro atoms. The molecule has 1 unspecified atom stereocenters. The van der Waals surface area contributed by atoms with Gasteiger partial charge in [0.05, 0.1) is 5.52 Å². The highest BCUT2D eigenvalue weighted by molar-refractivity contribution is 6.31. The maximum atomic E-state index is 12.9. The molecule has 1 fully saturated rings. The third-order valence-electron chi connectivity index (χ3n) is 6.32. The number of nitrogens with zero attached hydrogens (tertiary/aromatic N) is 4. The summed E-state index contributed by atoms with van der Waals surface area (Å²) in [6.07, 6.45) is 0.954. The summed E-state index contributed by atoms with van der Waals surface area (Å²) in [6.45, 7) is 11.4. The summed E-state index contributed by atoms with van der Waals surface area (Å²) in [6, 6.07) is 15.3. The first-order chi connectivity index (χ1) is 15.6. The topological polar surface area (TPSA) is 53.4 Å². The van der Waals surface area contributed by atoms with Gasteiger partial charge in [0.25, 0.3) is 0 Å². The van der Waals surface area contributed by atoms with Gasteiger partial charge >= 0.3 is 0 Å². The highest BCUT2D eigenvalue weighted by Crippen LogP contribution is 2.31. The van der Waals surface area contributed by atoms with E-state index in [4.69, 9.17) is 16.7 Å². The minimum atomic E-state index is -0.413. The summed E-state index contributed by atoms with van der Waals surface area (Å²) >= 11 is 6.27. The van der Waals surface area contributed by atoms with E-state index in [0.29, 0.717) is 11.6 Å². The Morgan fingerprint density at radius 3 is 2.53 bits per heavy atom. The highest BCUT2D eigenvalue weighted by atomic mass is 35.5. The second-order valence-corrected chi connectivity index (χ2v) is 8.85. The van der Waals surface area contributed by atoms with Gasteiger partial charge in [-0.15, -0.1) is 0 Å². The van der Waals surface area contributed by atoms with Crippen LogP contribution in [0.4, 0.5) is 0 Å². The van der Waals surface area contributed by atoms with Crippen molar-refractivity contribution in [3.05, 3.63) is 53.6 Å². The number of amides is 1. The van der Waals surface area contributed by atoms with Crippen molar-refractivity contribution < 1.29 is 4.79 Å². The van der Waals surface area contributed by atoms with Crippen molar-refractivity contribution >= 4 is 28.4 Å². The monoisotopic (exact) mass is 453 g/mol. The van der Waals surface area contributed by atoms with E-state index >= 15 is 0 Å². The fraction of sp³-hybridized carbons (Fsp3) is 0.440. The van der Waals surface area contributed by atoms with Gasteiger partial charge in [-0.3, -0.25) is 9.48 Å². The van der Waals surface area contributed by atoms with Gasteiger partial charge in [-0.1, -0.05) is 48.9 Å². The number of hydrogen-bond donors (Lipinski definition) is 1. The maximum Gasteiger partial charge on any atom is 0.244 e. The lowest BCUT2D eigenvalue weighted by Crippen LogP contribution is -2.46. The molecule has 1 N–H and O–H groups in total. The SMILES string of the molecule is CCN1CCN(CCCNC(=O)C(C)n2nc(-c3ccccc3)c3cc(Cl)ccc32)CC1. The van der Waals surface area contributed by atoms with Crippen molar-refractivity contribution in [2.45, 2.75) is 26.3 Å². The van der Waals surface area contributed by atoms with E-state index in [1.807, 2.05) is 60.1 Å². The van der Waals surface area contributed by atoms with Gasteiger partial charge in [0.15, 0.2) is 0 Å². The van der Waals surface area contributed by atoms with Gasteiger partial charge in [-0.25, -0.2) is 0 Å². The summed E-state index contributed by atoms with van der Waals surface area (Å²) in [4.78, 5) is 17.9. The molecule has 32 heavy (non-hydrogen) atoms. The van der Waals surface area contributed by atoms with Gasteiger partial charge < -0.3 is 15.1 Å². The van der Waals surface area contributed by atoms with Gasteiger partial charge in [-0.05, 0) is 44.6 Å². The van der Waals surface area contributed by atoms with Crippen LogP contribution in [0, 0.1) is 0 Å². The third kappa shape index (κ3) is 5.14. The van der Waals surface area contributed by atoms with Crippen molar-refractivity contribution in [3.63, 3.8) is 0 Å². The van der Waals surface area contributed by atoms with Crippen LogP contribution in [0.25, 0.3) is 22.2 Å². The van der Waals surface area contributed by atoms with E-state index in [-0.39, 0.29) is 5.91 Å². The number of carbonyl (C=O) groups is 1. The molecule has 0 saturated carbocycles. The molecule has 4 rings (SSSR count). The largest absolute Gasteiger partial charge is 0.354 e. The number of halogens is 1. The molecule has 1 aliphatic heterocycles. The van der Waals surface area contributed by atoms with Crippen LogP contribution in [-0.4, -0.2) is 71.3 Å². The molecule has 6 nitrogen and oxygen atoms in total. The van der Waals surface area contributed by atoms with Crippen molar-refractivity contribution in [2.24, 2.45) is 0 Å². The molecule has 7 heteroatoms. The van der Waals surface area contributed by atoms with Crippen molar-refractivity contribution in [3.8, 4) is 11.3 Å². The summed E-state index contributed by atoms with van der Waals surface area (Å²) in [5, 5.41) is 9.54. The second kappa shape index (κ2) is 10.5. The van der Waals surface area contributed by atoms with Crippen molar-refractivity contribution in [1.29, 1.82) is 0 Å². The molecule has 1 amide bonds. The van der Waals surface area contributed by atoms with Crippen molar-refractivity contribution in [1.82, 2.24) is 24.9 Å². The Bertz CT molecular complexity index is 1040. The van der Waals surface area contributed by atoms with Crippen LogP contribution >= 0.6 is 11.6 Å². The Kier molecular flexibility index (Phi) is 7.45. The second-order valence-electron chi connectivity index (χ2n) is 8.42. The minimum absolute atomic E-state index is 0.0141. The van der Waals surface area contributed by atoms with Crippen LogP contribution in [0.1, 0.15) is 26.3 Å². The first-order valence-corrected chi connectivity index (χ1v) is 11.9. The smallest absolute Gasteiger partial charge is 0.244 e. The molecule has 0 bridgehead atoms. The Hall–Kier alpha value is -2.41. The molecule has 1 saturated heterocycles. The van der Waals surface area contributed by atoms with Crippen LogP contribution < -0.4 is 5.32 Å². The summed E-state index contributed by atoms with van der Waals surface area (Å²) in [5.74, 6) is -0.0141. The van der Waals surface area contributed by atoms with Crippen LogP contribution in [0.3, 0.4) is 0 Å². The van der Waals surface area contributed by atoms with Gasteiger partial charge in [0.2, 0.25) is 5.91 Å². The number of rotatable bonds is 8. The van der Waals surface area contributed by atoms with Crippen LogP contribution in [0.15, 0.2) is 48.5 Å². The Morgan fingerprint density at radius 1 is 1.09 bits per heavy atom. The fourth-order valence-corrected chi connectivity index (χ4v) is 4.49. The lowest BCUT2D eigenvalue weighted by molar-refractivity contribution is -0.124. The molecule has 0 radical (unpaired) electrons. The van der Waals surface area contributed by atoms with Gasteiger partial charge in [-0.2, -0.15) is 5.10 Å². The van der Waals surface area contributed by atoms with Crippen LogP contribution in [-0.2, 0) is 4.79 Å². The number of piperazine rings is 1. The molecular formula is C25H32ClN5O. The zero-order chi connectivity index (χ0) is 22.5. The lowest BCUT2D eigenvalue weighted by atomic mass is 10.1. The summed E-state index contributed by atoms with van der Waals surface area (Å²) in [5.41, 5.74) is 2.76. The molecule has 0 aliphatic carbocycles. The number of fused-ring (bicyclic) bond motifs is 1. The molecule has 1 aromatic heterocycles. The summed E-state index contributed by atoms with van der Waals surface area (Å²) < 4.78 is 1.81. The first-order valence-electron chi connectivity index (χ1n) is 11.5. The van der Waals surface area contributed by atoms with Crippen LogP contribution in [0.5, 0.6) is 0 Å². The average molecular weight is 454 g/mol. The van der Waals surface area contributed by atoms with E-state index < -0.39 is 6.04 Å². The standard InChI is InChI=1S/C25H32ClN5O/c1-3-29-14-16-30(17-15-29)13-7-12-27-25(32)19(2)31-23-11-10-21(26)18-22(23)24(28-31)20-8-5-4-6-9-20/h4-6,8-11,18-19H,3,7,12-17H2,1-2H3,(H,27,32). The van der Waals surface area contributed by atoms with E-state index in [9.17, 15) is 4.79 Å². The van der Waals surface area contributed by atoms with E-state index in [1.165, 1.54) is 0 Å². The zero-order valence-corrected chi connectivity index (χ0v) is 19.7. The highest BCUT2D eigenvalue weighted by Gasteiger charge is 2.21. The quantitative estimate of drug-likeness (QED) is 0.522. The fourth-order valence-electron chi connectivity index (χ4n) is 4.32. The molecule has 2 heterocycles. The number of benzene rings is 2. The molecule has 1 aliphatic rings. The Morgan fingerprint density at radius 2 is 1.81 bits per heavy atom. The molecule has 170 valence electrons. The molecule has 1 atom stereocenters. The number of nitrogens with one attached hydrogen (secondary N) is 1. The predicted octanol–water partition coefficient (Wildman–Crippen LogP) is 4.06. The zero-order valence-electron chi connectivity index (χ0n) is 18.9. The maximum absolute atomic E-state index is 12.9. The minimum Gasteiger partial charge on any atom is -0.354 e. The number of aromatic nitrogens is 2. The Labute approximate surface area is 195 Å². The van der Waals surface area contributed by atoms with Crippen LogP contribution in [0.2, 0.25) is 5.02 Å². The average Bonchev–Trinajstić information content (AvgIpc) is 3.20. The van der Waals surface area contributed by atoms with Crippen molar-refractivity contribution in [2.75, 3.05) is 45.8 Å². The summed E-state index contributed by atoms with van der Waals surface area (Å²) in [7, 11) is 0. The molecule has 2 aromatic carbocycles. The predicted molar refractivity (Wildman–Crippen MR) is 131 cm³/mol. The molecular weight excluding hydrogens is 422 g/mol. The van der Waals surface area contributed by atoms with Gasteiger partial charge in [0, 0.05) is 48.7 Å². The van der Waals surface area contributed by atoms with E-state index in [2.05, 4.69) is 22.0 Å². The van der Waals surface area contributed by atoms with Gasteiger partial charge in [0.1, 0.15) is 11.7 Å². The molecule has 3 aromatic rings. The lowest BCUT2D eigenvalue weighted by Gasteiger charge is -2.34. The first kappa shape index (κ1) is 22.8. The Balaban J connectivity index is 1.40. The van der Waals surface area contributed by atoms with E-state index in [1.54, 1.807) is 0 Å². The normalized spacial score (nSPS) is 16.3. The van der Waals surface area contributed by atoms with E-state index in [0.717, 1.165) is 67.8 Å². The number of carbonyl (C=O) groups excluding carboxylic acids is 1. The third-order valence-corrected chi connectivity index (χ3v) is 6.56.